The van der Waals surface area contributed by atoms with Gasteiger partial charge in [-0.15, -0.1) is 0 Å². The Morgan fingerprint density at radius 1 is 0.287 bits per heavy atom. The number of carbonyl (C=O) groups excluding carboxylic acids is 9. The Kier molecular flexibility index (Phi) is 22.5. The van der Waals surface area contributed by atoms with Crippen molar-refractivity contribution in [2.24, 2.45) is 0 Å². The van der Waals surface area contributed by atoms with Gasteiger partial charge in [-0.2, -0.15) is 15.0 Å². The normalized spacial score (nSPS) is 10.1. The number of phenols is 8. The third kappa shape index (κ3) is 19.1. The van der Waals surface area contributed by atoms with E-state index in [-0.39, 0.29) is 98.6 Å². The zero-order chi connectivity index (χ0) is 63.0. The highest BCUT2D eigenvalue weighted by Crippen LogP contribution is 2.25. The Balaban J connectivity index is 0.000000218. The average Bonchev–Trinajstić information content (AvgIpc) is 3.69. The first-order valence-electron chi connectivity index (χ1n) is 25.4. The Hall–Kier alpha value is -12.8. The van der Waals surface area contributed by atoms with Gasteiger partial charge in [0.1, 0.15) is 46.0 Å². The summed E-state index contributed by atoms with van der Waals surface area (Å²) in [6.45, 7) is 0. The SMILES string of the molecule is O=C(CCCCC(=O)NNC(=O)c1ccc(O)cc1O)NNC(=O)c1ccc(O)cc1O.O=C(NNC(=O)c1ccccc1O)c1ccccc1.O=C(Nc1nc(NC(=O)c2ccccc2O)nc(NC(=O)c2ccccc2O)n1)c1ccccc1O. The smallest absolute Gasteiger partial charge is 0.273 e. The monoisotopic (exact) mass is 1190 g/mol. The number of carbonyl (C=O) groups is 9. The van der Waals surface area contributed by atoms with Crippen LogP contribution < -0.4 is 48.5 Å². The first kappa shape index (κ1) is 63.4. The molecule has 7 aromatic carbocycles. The van der Waals surface area contributed by atoms with Gasteiger partial charge in [-0.1, -0.05) is 66.7 Å². The Labute approximate surface area is 491 Å². The van der Waals surface area contributed by atoms with Crippen molar-refractivity contribution in [2.75, 3.05) is 16.0 Å². The standard InChI is InChI=1S/C24H18N6O6.C20H22N4O8.C14H12N2O3/c31-16-10-4-1-7-13(16)19(34)25-22-28-23(26-20(35)14-8-2-5-11-17(14)32)30-24(29-22)27-21(36)15-9-3-6-12-18(15)33;25-11-5-7-13(15(27)9-11)19(31)23-21-17(29)3-1-2-4-18(30)22-24-20(32)14-8-6-12(26)10-16(14)28;17-12-9-5-4-8-11(12)14(19)16-15-13(18)10-6-2-1-3-7-10/h1-12,31-33H,(H3,25,26,27,28,29,30,34,35,36);5-10,25-28H,1-4H2,(H,21,29)(H,22,30)(H,23,31)(H,24,32);1-9,17H,(H,15,18)(H,16,19). The highest BCUT2D eigenvalue weighted by Gasteiger charge is 2.21. The second-order valence-corrected chi connectivity index (χ2v) is 17.6. The Morgan fingerprint density at radius 2 is 0.563 bits per heavy atom. The fraction of sp³-hybridized carbons (Fsp3) is 0.0690. The molecular formula is C58H52N12O17. The summed E-state index contributed by atoms with van der Waals surface area (Å²) in [6, 6.07) is 38.6. The minimum atomic E-state index is -0.773. The van der Waals surface area contributed by atoms with Crippen LogP contribution in [0, 0.1) is 0 Å². The van der Waals surface area contributed by atoms with E-state index in [1.165, 1.54) is 109 Å². The summed E-state index contributed by atoms with van der Waals surface area (Å²) in [5.41, 5.74) is 13.1. The van der Waals surface area contributed by atoms with Gasteiger partial charge < -0.3 is 40.9 Å². The average molecular weight is 1190 g/mol. The fourth-order valence-corrected chi connectivity index (χ4v) is 7.06. The fourth-order valence-electron chi connectivity index (χ4n) is 7.06. The third-order valence-electron chi connectivity index (χ3n) is 11.4. The van der Waals surface area contributed by atoms with Gasteiger partial charge >= 0.3 is 0 Å². The summed E-state index contributed by atoms with van der Waals surface area (Å²) in [5, 5.41) is 84.0. The van der Waals surface area contributed by atoms with Gasteiger partial charge in [0.05, 0.1) is 33.4 Å². The predicted octanol–water partition coefficient (Wildman–Crippen LogP) is 4.50. The number of unbranched alkanes of at least 4 members (excludes halogenated alkanes) is 1. The van der Waals surface area contributed by atoms with Crippen LogP contribution in [0.4, 0.5) is 17.8 Å². The second-order valence-electron chi connectivity index (χ2n) is 17.6. The maximum Gasteiger partial charge on any atom is 0.273 e. The number of phenolic OH excluding ortho intramolecular Hbond substituents is 8. The summed E-state index contributed by atoms with van der Waals surface area (Å²) in [7, 11) is 0. The van der Waals surface area contributed by atoms with Crippen LogP contribution in [0.2, 0.25) is 0 Å². The molecule has 29 nitrogen and oxygen atoms in total. The topological polar surface area (TPSA) is 462 Å². The molecule has 0 radical (unpaired) electrons. The van der Waals surface area contributed by atoms with Crippen molar-refractivity contribution in [1.29, 1.82) is 0 Å². The van der Waals surface area contributed by atoms with Crippen LogP contribution in [-0.2, 0) is 9.59 Å². The molecule has 8 aromatic rings. The van der Waals surface area contributed by atoms with Crippen molar-refractivity contribution in [3.05, 3.63) is 203 Å². The zero-order valence-corrected chi connectivity index (χ0v) is 45.0. The molecule has 0 aliphatic carbocycles. The minimum Gasteiger partial charge on any atom is -0.508 e. The molecular weight excluding hydrogens is 1140 g/mol. The maximum absolute atomic E-state index is 12.6. The van der Waals surface area contributed by atoms with Crippen LogP contribution in [0.25, 0.3) is 0 Å². The summed E-state index contributed by atoms with van der Waals surface area (Å²) >= 11 is 0. The molecule has 0 saturated carbocycles. The molecule has 1 heterocycles. The molecule has 0 aliphatic rings. The third-order valence-corrected chi connectivity index (χ3v) is 11.4. The zero-order valence-electron chi connectivity index (χ0n) is 45.0. The van der Waals surface area contributed by atoms with E-state index in [9.17, 15) is 84.0 Å². The van der Waals surface area contributed by atoms with Crippen LogP contribution in [0.3, 0.4) is 0 Å². The van der Waals surface area contributed by atoms with Gasteiger partial charge in [0, 0.05) is 30.5 Å². The Bertz CT molecular complexity index is 3580. The number of aromatic nitrogens is 3. The molecule has 0 bridgehead atoms. The second kappa shape index (κ2) is 30.8. The molecule has 0 fully saturated rings. The highest BCUT2D eigenvalue weighted by molar-refractivity contribution is 6.08. The highest BCUT2D eigenvalue weighted by atomic mass is 16.3. The number of rotatable bonds is 15. The van der Waals surface area contributed by atoms with Crippen LogP contribution in [0.15, 0.2) is 164 Å². The van der Waals surface area contributed by atoms with Gasteiger partial charge in [-0.3, -0.25) is 91.7 Å². The van der Waals surface area contributed by atoms with E-state index in [0.717, 1.165) is 12.1 Å². The van der Waals surface area contributed by atoms with Crippen molar-refractivity contribution < 1.29 is 84.0 Å². The number of aromatic hydroxyl groups is 8. The number of hydrogen-bond donors (Lipinski definition) is 17. The van der Waals surface area contributed by atoms with E-state index in [0.29, 0.717) is 18.4 Å². The number of hydrazine groups is 3. The lowest BCUT2D eigenvalue weighted by Gasteiger charge is -2.11. The van der Waals surface area contributed by atoms with Gasteiger partial charge in [0.25, 0.3) is 41.4 Å². The molecule has 87 heavy (non-hydrogen) atoms. The van der Waals surface area contributed by atoms with Crippen LogP contribution in [-0.4, -0.2) is 109 Å². The van der Waals surface area contributed by atoms with E-state index >= 15 is 0 Å². The number of hydrogen-bond acceptors (Lipinski definition) is 20. The lowest BCUT2D eigenvalue weighted by Crippen LogP contribution is -2.42. The van der Waals surface area contributed by atoms with Crippen molar-refractivity contribution >= 4 is 71.0 Å². The Morgan fingerprint density at radius 3 is 0.885 bits per heavy atom. The molecule has 17 N–H and O–H groups in total. The first-order chi connectivity index (χ1) is 41.7. The van der Waals surface area contributed by atoms with E-state index in [1.54, 1.807) is 42.5 Å². The summed E-state index contributed by atoms with van der Waals surface area (Å²) in [6.07, 6.45) is 0.629. The largest absolute Gasteiger partial charge is 0.508 e. The van der Waals surface area contributed by atoms with E-state index < -0.39 is 64.7 Å². The number of nitrogens with zero attached hydrogens (tertiary/aromatic N) is 3. The number of benzene rings is 7. The summed E-state index contributed by atoms with van der Waals surface area (Å²) < 4.78 is 0. The molecule has 1 aromatic heterocycles. The van der Waals surface area contributed by atoms with Crippen LogP contribution in [0.1, 0.15) is 98.2 Å². The molecule has 0 unspecified atom stereocenters. The van der Waals surface area contributed by atoms with Crippen molar-refractivity contribution in [1.82, 2.24) is 47.5 Å². The maximum atomic E-state index is 12.6. The van der Waals surface area contributed by atoms with Gasteiger partial charge in [-0.25, -0.2) is 0 Å². The summed E-state index contributed by atoms with van der Waals surface area (Å²) in [5.74, 6) is -9.32. The van der Waals surface area contributed by atoms with E-state index in [2.05, 4.69) is 63.5 Å². The first-order valence-corrected chi connectivity index (χ1v) is 25.4. The van der Waals surface area contributed by atoms with Crippen molar-refractivity contribution in [3.63, 3.8) is 0 Å². The number of amides is 9. The van der Waals surface area contributed by atoms with E-state index in [4.69, 9.17) is 0 Å². The van der Waals surface area contributed by atoms with Gasteiger partial charge in [0.15, 0.2) is 0 Å². The molecule has 29 heteroatoms. The number of para-hydroxylation sites is 4. The minimum absolute atomic E-state index is 0.00284. The summed E-state index contributed by atoms with van der Waals surface area (Å²) in [4.78, 5) is 120. The molecule has 446 valence electrons. The quantitative estimate of drug-likeness (QED) is 0.0496. The van der Waals surface area contributed by atoms with E-state index in [1.807, 2.05) is 0 Å². The van der Waals surface area contributed by atoms with Crippen LogP contribution in [0.5, 0.6) is 46.0 Å². The lowest BCUT2D eigenvalue weighted by atomic mass is 10.2. The molecule has 9 amide bonds. The molecule has 0 spiro atoms. The van der Waals surface area contributed by atoms with Crippen LogP contribution >= 0.6 is 0 Å². The predicted molar refractivity (Wildman–Crippen MR) is 307 cm³/mol. The van der Waals surface area contributed by atoms with Gasteiger partial charge in [-0.05, 0) is 97.8 Å². The molecule has 0 aliphatic heterocycles. The number of nitrogens with one attached hydrogen (secondary N) is 9. The molecule has 0 atom stereocenters. The van der Waals surface area contributed by atoms with Crippen molar-refractivity contribution in [3.8, 4) is 46.0 Å². The molecule has 0 saturated heterocycles. The van der Waals surface area contributed by atoms with Gasteiger partial charge in [0.2, 0.25) is 29.7 Å². The number of anilines is 3. The molecule has 8 rings (SSSR count). The lowest BCUT2D eigenvalue weighted by molar-refractivity contribution is -0.123. The van der Waals surface area contributed by atoms with Crippen molar-refractivity contribution in [2.45, 2.75) is 25.7 Å².